The monoisotopic (exact) mass is 335 g/mol. The minimum Gasteiger partial charge on any atom is -0.508 e. The highest BCUT2D eigenvalue weighted by molar-refractivity contribution is 9.10. The van der Waals surface area contributed by atoms with Crippen molar-refractivity contribution < 1.29 is 9.84 Å². The number of halogens is 1. The second-order valence-corrected chi connectivity index (χ2v) is 5.37. The van der Waals surface area contributed by atoms with Gasteiger partial charge in [-0.25, -0.2) is 0 Å². The summed E-state index contributed by atoms with van der Waals surface area (Å²) in [7, 11) is 1.64. The molecular formula is C16H18BrNO2. The first-order valence-electron chi connectivity index (χ1n) is 6.53. The Bertz CT molecular complexity index is 586. The second-order valence-electron chi connectivity index (χ2n) is 4.51. The lowest BCUT2D eigenvalue weighted by Gasteiger charge is -2.20. The van der Waals surface area contributed by atoms with Gasteiger partial charge in [-0.2, -0.15) is 0 Å². The highest BCUT2D eigenvalue weighted by atomic mass is 79.9. The van der Waals surface area contributed by atoms with E-state index in [1.165, 1.54) is 0 Å². The molecule has 0 heterocycles. The summed E-state index contributed by atoms with van der Waals surface area (Å²) in [5, 5.41) is 13.4. The number of benzene rings is 2. The Kier molecular flexibility index (Phi) is 4.90. The van der Waals surface area contributed by atoms with Crippen molar-refractivity contribution in [3.8, 4) is 11.5 Å². The van der Waals surface area contributed by atoms with Gasteiger partial charge >= 0.3 is 0 Å². The molecule has 0 radical (unpaired) electrons. The van der Waals surface area contributed by atoms with Gasteiger partial charge in [-0.05, 0) is 40.5 Å². The molecule has 0 aromatic heterocycles. The molecule has 4 heteroatoms. The number of nitrogens with one attached hydrogen (secondary N) is 1. The molecule has 0 spiro atoms. The summed E-state index contributed by atoms with van der Waals surface area (Å²) in [6, 6.07) is 13.3. The van der Waals surface area contributed by atoms with Crippen molar-refractivity contribution in [3.05, 3.63) is 52.5 Å². The molecule has 0 amide bonds. The summed E-state index contributed by atoms with van der Waals surface area (Å²) in [4.78, 5) is 0. The highest BCUT2D eigenvalue weighted by Crippen LogP contribution is 2.32. The van der Waals surface area contributed by atoms with Gasteiger partial charge in [-0.1, -0.05) is 25.1 Å². The van der Waals surface area contributed by atoms with Gasteiger partial charge in [0.25, 0.3) is 0 Å². The van der Waals surface area contributed by atoms with Crippen LogP contribution in [0.2, 0.25) is 0 Å². The molecule has 0 bridgehead atoms. The Labute approximate surface area is 127 Å². The molecule has 0 aliphatic rings. The SMILES string of the molecule is CCC(Nc1ccc(Br)c(OC)c1)c1ccccc1O. The van der Waals surface area contributed by atoms with Crippen molar-refractivity contribution in [2.45, 2.75) is 19.4 Å². The smallest absolute Gasteiger partial charge is 0.135 e. The molecule has 3 nitrogen and oxygen atoms in total. The summed E-state index contributed by atoms with van der Waals surface area (Å²) < 4.78 is 6.21. The van der Waals surface area contributed by atoms with E-state index in [0.29, 0.717) is 5.75 Å². The maximum absolute atomic E-state index is 9.96. The average molecular weight is 336 g/mol. The van der Waals surface area contributed by atoms with Crippen molar-refractivity contribution in [1.82, 2.24) is 0 Å². The number of phenolic OH excluding ortho intramolecular Hbond substituents is 1. The van der Waals surface area contributed by atoms with E-state index < -0.39 is 0 Å². The predicted molar refractivity (Wildman–Crippen MR) is 85.5 cm³/mol. The van der Waals surface area contributed by atoms with Gasteiger partial charge in [0.1, 0.15) is 11.5 Å². The molecule has 0 fully saturated rings. The van der Waals surface area contributed by atoms with Crippen LogP contribution in [0.4, 0.5) is 5.69 Å². The van der Waals surface area contributed by atoms with E-state index in [9.17, 15) is 5.11 Å². The summed E-state index contributed by atoms with van der Waals surface area (Å²) in [5.41, 5.74) is 1.86. The molecule has 0 saturated carbocycles. The molecule has 1 unspecified atom stereocenters. The fourth-order valence-corrected chi connectivity index (χ4v) is 2.54. The van der Waals surface area contributed by atoms with Gasteiger partial charge in [0.2, 0.25) is 0 Å². The number of hydrogen-bond donors (Lipinski definition) is 2. The minimum atomic E-state index is 0.0575. The van der Waals surface area contributed by atoms with E-state index in [1.54, 1.807) is 13.2 Å². The molecular weight excluding hydrogens is 318 g/mol. The predicted octanol–water partition coefficient (Wildman–Crippen LogP) is 4.73. The Hall–Kier alpha value is -1.68. The number of aromatic hydroxyl groups is 1. The van der Waals surface area contributed by atoms with E-state index in [-0.39, 0.29) is 6.04 Å². The molecule has 2 rings (SSSR count). The lowest BCUT2D eigenvalue weighted by Crippen LogP contribution is -2.09. The Morgan fingerprint density at radius 2 is 2.00 bits per heavy atom. The van der Waals surface area contributed by atoms with Gasteiger partial charge in [0, 0.05) is 17.3 Å². The normalized spacial score (nSPS) is 11.9. The van der Waals surface area contributed by atoms with Crippen LogP contribution in [0.5, 0.6) is 11.5 Å². The summed E-state index contributed by atoms with van der Waals surface area (Å²) in [6.07, 6.45) is 0.871. The van der Waals surface area contributed by atoms with E-state index in [2.05, 4.69) is 28.2 Å². The number of methoxy groups -OCH3 is 1. The number of rotatable bonds is 5. The zero-order valence-corrected chi connectivity index (χ0v) is 13.1. The number of anilines is 1. The third-order valence-corrected chi connectivity index (χ3v) is 3.87. The number of hydrogen-bond acceptors (Lipinski definition) is 3. The van der Waals surface area contributed by atoms with Crippen LogP contribution >= 0.6 is 15.9 Å². The van der Waals surface area contributed by atoms with Crippen LogP contribution in [0.25, 0.3) is 0 Å². The van der Waals surface area contributed by atoms with Gasteiger partial charge in [0.15, 0.2) is 0 Å². The number of phenols is 1. The lowest BCUT2D eigenvalue weighted by molar-refractivity contribution is 0.412. The Morgan fingerprint density at radius 1 is 1.25 bits per heavy atom. The van der Waals surface area contributed by atoms with Gasteiger partial charge in [-0.3, -0.25) is 0 Å². The highest BCUT2D eigenvalue weighted by Gasteiger charge is 2.13. The van der Waals surface area contributed by atoms with Crippen LogP contribution in [0.1, 0.15) is 24.9 Å². The van der Waals surface area contributed by atoms with Crippen molar-refractivity contribution >= 4 is 21.6 Å². The van der Waals surface area contributed by atoms with Crippen molar-refractivity contribution in [2.24, 2.45) is 0 Å². The van der Waals surface area contributed by atoms with Crippen LogP contribution < -0.4 is 10.1 Å². The quantitative estimate of drug-likeness (QED) is 0.830. The van der Waals surface area contributed by atoms with Crippen LogP contribution in [0, 0.1) is 0 Å². The fraction of sp³-hybridized carbons (Fsp3) is 0.250. The zero-order chi connectivity index (χ0) is 14.5. The molecule has 2 N–H and O–H groups in total. The van der Waals surface area contributed by atoms with Crippen molar-refractivity contribution in [2.75, 3.05) is 12.4 Å². The van der Waals surface area contributed by atoms with E-state index in [1.807, 2.05) is 36.4 Å². The van der Waals surface area contributed by atoms with E-state index >= 15 is 0 Å². The van der Waals surface area contributed by atoms with Crippen LogP contribution in [0.3, 0.4) is 0 Å². The van der Waals surface area contributed by atoms with Crippen molar-refractivity contribution in [1.29, 1.82) is 0 Å². The summed E-state index contributed by atoms with van der Waals surface area (Å²) >= 11 is 3.44. The first kappa shape index (κ1) is 14.7. The second kappa shape index (κ2) is 6.66. The lowest BCUT2D eigenvalue weighted by atomic mass is 10.0. The van der Waals surface area contributed by atoms with Gasteiger partial charge in [-0.15, -0.1) is 0 Å². The van der Waals surface area contributed by atoms with Gasteiger partial charge in [0.05, 0.1) is 17.6 Å². The molecule has 2 aromatic carbocycles. The van der Waals surface area contributed by atoms with Crippen molar-refractivity contribution in [3.63, 3.8) is 0 Å². The third-order valence-electron chi connectivity index (χ3n) is 3.21. The Morgan fingerprint density at radius 3 is 2.65 bits per heavy atom. The number of para-hydroxylation sites is 1. The molecule has 106 valence electrons. The standard InChI is InChI=1S/C16H18BrNO2/c1-3-14(12-6-4-5-7-15(12)19)18-11-8-9-13(17)16(10-11)20-2/h4-10,14,18-19H,3H2,1-2H3. The largest absolute Gasteiger partial charge is 0.508 e. The summed E-state index contributed by atoms with van der Waals surface area (Å²) in [5.74, 6) is 1.10. The Balaban J connectivity index is 2.25. The average Bonchev–Trinajstić information content (AvgIpc) is 2.47. The maximum atomic E-state index is 9.96. The molecule has 1 atom stereocenters. The molecule has 0 aliphatic heterocycles. The summed E-state index contributed by atoms with van der Waals surface area (Å²) in [6.45, 7) is 2.08. The van der Waals surface area contributed by atoms with E-state index in [0.717, 1.165) is 27.9 Å². The third kappa shape index (κ3) is 3.25. The fourth-order valence-electron chi connectivity index (χ4n) is 2.13. The first-order valence-corrected chi connectivity index (χ1v) is 7.33. The molecule has 2 aromatic rings. The minimum absolute atomic E-state index is 0.0575. The van der Waals surface area contributed by atoms with Gasteiger partial charge < -0.3 is 15.2 Å². The maximum Gasteiger partial charge on any atom is 0.135 e. The number of ether oxygens (including phenoxy) is 1. The zero-order valence-electron chi connectivity index (χ0n) is 11.6. The first-order chi connectivity index (χ1) is 9.65. The van der Waals surface area contributed by atoms with E-state index in [4.69, 9.17) is 4.74 Å². The molecule has 0 saturated heterocycles. The van der Waals surface area contributed by atoms with Crippen LogP contribution in [-0.4, -0.2) is 12.2 Å². The molecule has 0 aliphatic carbocycles. The topological polar surface area (TPSA) is 41.5 Å². The van der Waals surface area contributed by atoms with Crippen LogP contribution in [0.15, 0.2) is 46.9 Å². The van der Waals surface area contributed by atoms with Crippen LogP contribution in [-0.2, 0) is 0 Å². The molecule has 20 heavy (non-hydrogen) atoms.